The molecule has 0 radical (unpaired) electrons. The summed E-state index contributed by atoms with van der Waals surface area (Å²) < 4.78 is 5.57. The van der Waals surface area contributed by atoms with Crippen LogP contribution in [0.5, 0.6) is 0 Å². The van der Waals surface area contributed by atoms with Crippen molar-refractivity contribution < 1.29 is 4.42 Å². The van der Waals surface area contributed by atoms with Crippen LogP contribution < -0.4 is 5.32 Å². The number of anilines is 1. The lowest BCUT2D eigenvalue weighted by atomic mass is 10.1. The first-order valence-corrected chi connectivity index (χ1v) is 7.67. The van der Waals surface area contributed by atoms with Crippen LogP contribution in [0.1, 0.15) is 22.6 Å². The molecule has 0 aliphatic carbocycles. The average Bonchev–Trinajstić information content (AvgIpc) is 3.00. The molecule has 5 nitrogen and oxygen atoms in total. The van der Waals surface area contributed by atoms with Gasteiger partial charge in [-0.15, -0.1) is 0 Å². The van der Waals surface area contributed by atoms with Gasteiger partial charge in [-0.05, 0) is 32.9 Å². The van der Waals surface area contributed by atoms with E-state index < -0.39 is 0 Å². The lowest BCUT2D eigenvalue weighted by Gasteiger charge is -2.07. The number of aryl methyl sites for hydroxylation is 3. The predicted octanol–water partition coefficient (Wildman–Crippen LogP) is 3.71. The van der Waals surface area contributed by atoms with E-state index in [4.69, 9.17) is 4.42 Å². The summed E-state index contributed by atoms with van der Waals surface area (Å²) in [6, 6.07) is 8.16. The number of oxazole rings is 1. The van der Waals surface area contributed by atoms with Gasteiger partial charge >= 0.3 is 0 Å². The third-order valence-electron chi connectivity index (χ3n) is 3.60. The Morgan fingerprint density at radius 2 is 1.83 bits per heavy atom. The van der Waals surface area contributed by atoms with Crippen LogP contribution in [0.25, 0.3) is 11.5 Å². The third-order valence-corrected chi connectivity index (χ3v) is 3.60. The molecule has 0 saturated heterocycles. The summed E-state index contributed by atoms with van der Waals surface area (Å²) in [5.41, 5.74) is 4.94. The van der Waals surface area contributed by atoms with Gasteiger partial charge in [0.05, 0.1) is 17.1 Å². The van der Waals surface area contributed by atoms with Crippen molar-refractivity contribution in [3.63, 3.8) is 0 Å². The molecule has 118 valence electrons. The van der Waals surface area contributed by atoms with Crippen LogP contribution >= 0.6 is 0 Å². The average molecular weight is 308 g/mol. The van der Waals surface area contributed by atoms with E-state index in [9.17, 15) is 0 Å². The molecular formula is C18H20N4O. The molecule has 0 atom stereocenters. The van der Waals surface area contributed by atoms with E-state index in [1.54, 1.807) is 12.5 Å². The molecule has 0 saturated carbocycles. The van der Waals surface area contributed by atoms with Gasteiger partial charge in [0.1, 0.15) is 12.1 Å². The first-order valence-electron chi connectivity index (χ1n) is 7.67. The summed E-state index contributed by atoms with van der Waals surface area (Å²) in [7, 11) is 0. The maximum absolute atomic E-state index is 5.57. The minimum atomic E-state index is 0.659. The quantitative estimate of drug-likeness (QED) is 0.778. The molecule has 0 aliphatic heterocycles. The van der Waals surface area contributed by atoms with Crippen LogP contribution in [-0.2, 0) is 6.42 Å². The van der Waals surface area contributed by atoms with Gasteiger partial charge in [0.25, 0.3) is 0 Å². The Labute approximate surface area is 135 Å². The number of benzene rings is 1. The normalized spacial score (nSPS) is 10.7. The van der Waals surface area contributed by atoms with Gasteiger partial charge < -0.3 is 9.73 Å². The van der Waals surface area contributed by atoms with Crippen molar-refractivity contribution in [3.8, 4) is 11.5 Å². The van der Waals surface area contributed by atoms with Gasteiger partial charge in [0.2, 0.25) is 5.89 Å². The number of hydrogen-bond donors (Lipinski definition) is 1. The van der Waals surface area contributed by atoms with E-state index in [0.717, 1.165) is 41.4 Å². The van der Waals surface area contributed by atoms with Gasteiger partial charge in [-0.25, -0.2) is 9.97 Å². The van der Waals surface area contributed by atoms with Crippen molar-refractivity contribution in [3.05, 3.63) is 59.4 Å². The molecule has 0 bridgehead atoms. The van der Waals surface area contributed by atoms with Crippen LogP contribution in [0.2, 0.25) is 0 Å². The van der Waals surface area contributed by atoms with Crippen LogP contribution in [-0.4, -0.2) is 21.5 Å². The molecule has 23 heavy (non-hydrogen) atoms. The van der Waals surface area contributed by atoms with Crippen molar-refractivity contribution in [2.75, 3.05) is 11.9 Å². The lowest BCUT2D eigenvalue weighted by molar-refractivity contribution is 0.572. The number of rotatable bonds is 5. The summed E-state index contributed by atoms with van der Waals surface area (Å²) in [6.07, 6.45) is 4.25. The van der Waals surface area contributed by atoms with Crippen molar-refractivity contribution in [2.45, 2.75) is 27.2 Å². The van der Waals surface area contributed by atoms with Gasteiger partial charge in [-0.2, -0.15) is 0 Å². The summed E-state index contributed by atoms with van der Waals surface area (Å²) in [5, 5.41) is 3.30. The minimum absolute atomic E-state index is 0.659. The molecule has 2 heterocycles. The Hall–Kier alpha value is -2.69. The van der Waals surface area contributed by atoms with E-state index in [1.807, 2.05) is 26.0 Å². The fourth-order valence-electron chi connectivity index (χ4n) is 2.26. The fraction of sp³-hybridized carbons (Fsp3) is 0.278. The first kappa shape index (κ1) is 15.2. The van der Waals surface area contributed by atoms with E-state index in [1.165, 1.54) is 5.56 Å². The number of nitrogens with zero attached hydrogens (tertiary/aromatic N) is 3. The summed E-state index contributed by atoms with van der Waals surface area (Å²) in [6.45, 7) is 6.68. The number of nitrogens with one attached hydrogen (secondary N) is 1. The van der Waals surface area contributed by atoms with Gasteiger partial charge in [0, 0.05) is 24.7 Å². The highest BCUT2D eigenvalue weighted by Gasteiger charge is 2.07. The molecule has 2 aromatic heterocycles. The molecule has 0 amide bonds. The maximum atomic E-state index is 5.57. The monoisotopic (exact) mass is 308 g/mol. The van der Waals surface area contributed by atoms with Gasteiger partial charge in [0.15, 0.2) is 0 Å². The first-order chi connectivity index (χ1) is 11.1. The van der Waals surface area contributed by atoms with Crippen LogP contribution in [0.4, 0.5) is 5.82 Å². The van der Waals surface area contributed by atoms with Gasteiger partial charge in [-0.3, -0.25) is 4.98 Å². The standard InChI is InChI=1S/C18H20N4O/c1-12-4-6-15(7-5-12)18-22-16(11-23-18)8-9-19-17-14(3)20-10-13(2)21-17/h4-7,10-11H,8-9H2,1-3H3,(H,19,21). The molecule has 0 aliphatic rings. The fourth-order valence-corrected chi connectivity index (χ4v) is 2.26. The molecule has 1 N–H and O–H groups in total. The zero-order valence-corrected chi connectivity index (χ0v) is 13.6. The Kier molecular flexibility index (Phi) is 4.37. The van der Waals surface area contributed by atoms with Gasteiger partial charge in [-0.1, -0.05) is 17.7 Å². The Morgan fingerprint density at radius 1 is 1.04 bits per heavy atom. The zero-order valence-electron chi connectivity index (χ0n) is 13.6. The molecule has 0 unspecified atom stereocenters. The van der Waals surface area contributed by atoms with Crippen LogP contribution in [0.15, 0.2) is 41.1 Å². The van der Waals surface area contributed by atoms with Crippen molar-refractivity contribution in [1.29, 1.82) is 0 Å². The number of hydrogen-bond acceptors (Lipinski definition) is 5. The predicted molar refractivity (Wildman–Crippen MR) is 90.4 cm³/mol. The van der Waals surface area contributed by atoms with E-state index >= 15 is 0 Å². The largest absolute Gasteiger partial charge is 0.444 e. The van der Waals surface area contributed by atoms with Crippen molar-refractivity contribution in [2.24, 2.45) is 0 Å². The lowest BCUT2D eigenvalue weighted by Crippen LogP contribution is -2.09. The Morgan fingerprint density at radius 3 is 2.61 bits per heavy atom. The second-order valence-electron chi connectivity index (χ2n) is 5.63. The highest BCUT2D eigenvalue weighted by Crippen LogP contribution is 2.19. The van der Waals surface area contributed by atoms with E-state index in [2.05, 4.69) is 39.3 Å². The van der Waals surface area contributed by atoms with E-state index in [0.29, 0.717) is 5.89 Å². The summed E-state index contributed by atoms with van der Waals surface area (Å²) in [5.74, 6) is 1.48. The molecule has 3 rings (SSSR count). The highest BCUT2D eigenvalue weighted by molar-refractivity contribution is 5.53. The topological polar surface area (TPSA) is 63.8 Å². The maximum Gasteiger partial charge on any atom is 0.226 e. The second kappa shape index (κ2) is 6.60. The van der Waals surface area contributed by atoms with Crippen molar-refractivity contribution >= 4 is 5.82 Å². The van der Waals surface area contributed by atoms with Crippen molar-refractivity contribution in [1.82, 2.24) is 15.0 Å². The Balaban J connectivity index is 1.61. The Bertz CT molecular complexity index is 793. The summed E-state index contributed by atoms with van der Waals surface area (Å²) >= 11 is 0. The van der Waals surface area contributed by atoms with E-state index in [-0.39, 0.29) is 0 Å². The van der Waals surface area contributed by atoms with Crippen LogP contribution in [0, 0.1) is 20.8 Å². The molecule has 3 aromatic rings. The van der Waals surface area contributed by atoms with Crippen LogP contribution in [0.3, 0.4) is 0 Å². The molecule has 0 fully saturated rings. The highest BCUT2D eigenvalue weighted by atomic mass is 16.3. The second-order valence-corrected chi connectivity index (χ2v) is 5.63. The summed E-state index contributed by atoms with van der Waals surface area (Å²) in [4.78, 5) is 13.3. The number of aromatic nitrogens is 3. The molecule has 0 spiro atoms. The zero-order chi connectivity index (χ0) is 16.2. The molecule has 1 aromatic carbocycles. The molecular weight excluding hydrogens is 288 g/mol. The minimum Gasteiger partial charge on any atom is -0.444 e. The third kappa shape index (κ3) is 3.74. The smallest absolute Gasteiger partial charge is 0.226 e. The molecule has 5 heteroatoms. The SMILES string of the molecule is Cc1ccc(-c2nc(CCNc3nc(C)cnc3C)co2)cc1.